The summed E-state index contributed by atoms with van der Waals surface area (Å²) >= 11 is 0. The fraction of sp³-hybridized carbons (Fsp3) is 0.938. The van der Waals surface area contributed by atoms with Crippen LogP contribution in [0.3, 0.4) is 0 Å². The Hall–Kier alpha value is -0.610. The first-order valence-corrected chi connectivity index (χ1v) is 8.34. The minimum absolute atomic E-state index is 0.0744. The molecule has 4 nitrogen and oxygen atoms in total. The van der Waals surface area contributed by atoms with Crippen LogP contribution in [0.15, 0.2) is 0 Å². The van der Waals surface area contributed by atoms with Gasteiger partial charge in [0.2, 0.25) is 5.91 Å². The third-order valence-corrected chi connectivity index (χ3v) is 4.70. The summed E-state index contributed by atoms with van der Waals surface area (Å²) in [7, 11) is 0. The molecular weight excluding hydrogens is 250 g/mol. The van der Waals surface area contributed by atoms with Crippen LogP contribution < -0.4 is 5.32 Å². The van der Waals surface area contributed by atoms with Crippen LogP contribution in [-0.2, 0) is 4.79 Å². The van der Waals surface area contributed by atoms with Gasteiger partial charge in [0.15, 0.2) is 0 Å². The number of rotatable bonds is 4. The zero-order valence-electron chi connectivity index (χ0n) is 13.4. The fourth-order valence-corrected chi connectivity index (χ4v) is 3.44. The van der Waals surface area contributed by atoms with Gasteiger partial charge in [-0.2, -0.15) is 0 Å². The number of hydrogen-bond donors (Lipinski definition) is 1. The van der Waals surface area contributed by atoms with E-state index in [1.807, 2.05) is 0 Å². The number of amides is 1. The number of piperazine rings is 1. The molecule has 2 aliphatic rings. The second kappa shape index (κ2) is 7.41. The molecule has 0 radical (unpaired) electrons. The van der Waals surface area contributed by atoms with E-state index in [4.69, 9.17) is 0 Å². The first-order chi connectivity index (χ1) is 9.60. The maximum atomic E-state index is 12.6. The van der Waals surface area contributed by atoms with Gasteiger partial charge in [-0.1, -0.05) is 27.2 Å². The van der Waals surface area contributed by atoms with Gasteiger partial charge in [0, 0.05) is 32.7 Å². The lowest BCUT2D eigenvalue weighted by atomic mass is 9.90. The molecule has 20 heavy (non-hydrogen) atoms. The largest absolute Gasteiger partial charge is 0.339 e. The lowest BCUT2D eigenvalue weighted by molar-refractivity contribution is -0.136. The SMILES string of the molecule is CCC1CCNC(C(=O)N2CCN(CC(C)C)CC2)C1. The van der Waals surface area contributed by atoms with Gasteiger partial charge in [-0.25, -0.2) is 0 Å². The van der Waals surface area contributed by atoms with Crippen LogP contribution in [0.25, 0.3) is 0 Å². The molecule has 2 heterocycles. The molecule has 2 atom stereocenters. The molecular formula is C16H31N3O. The van der Waals surface area contributed by atoms with E-state index in [-0.39, 0.29) is 6.04 Å². The summed E-state index contributed by atoms with van der Waals surface area (Å²) in [5.41, 5.74) is 0. The maximum Gasteiger partial charge on any atom is 0.239 e. The highest BCUT2D eigenvalue weighted by molar-refractivity contribution is 5.82. The number of carbonyl (C=O) groups excluding carboxylic acids is 1. The van der Waals surface area contributed by atoms with Crippen LogP contribution >= 0.6 is 0 Å². The summed E-state index contributed by atoms with van der Waals surface area (Å²) < 4.78 is 0. The monoisotopic (exact) mass is 281 g/mol. The van der Waals surface area contributed by atoms with Gasteiger partial charge in [-0.05, 0) is 31.2 Å². The topological polar surface area (TPSA) is 35.6 Å². The molecule has 0 aromatic carbocycles. The molecule has 0 aromatic rings. The van der Waals surface area contributed by atoms with Gasteiger partial charge in [0.25, 0.3) is 0 Å². The van der Waals surface area contributed by atoms with Crippen molar-refractivity contribution in [3.8, 4) is 0 Å². The molecule has 116 valence electrons. The average Bonchev–Trinajstić information content (AvgIpc) is 2.47. The third-order valence-electron chi connectivity index (χ3n) is 4.70. The van der Waals surface area contributed by atoms with Gasteiger partial charge in [-0.15, -0.1) is 0 Å². The van der Waals surface area contributed by atoms with Crippen molar-refractivity contribution in [1.82, 2.24) is 15.1 Å². The zero-order valence-corrected chi connectivity index (χ0v) is 13.4. The van der Waals surface area contributed by atoms with Gasteiger partial charge in [0.1, 0.15) is 0 Å². The summed E-state index contributed by atoms with van der Waals surface area (Å²) in [6.45, 7) is 12.8. The molecule has 2 fully saturated rings. The number of hydrogen-bond acceptors (Lipinski definition) is 3. The summed E-state index contributed by atoms with van der Waals surface area (Å²) in [6, 6.07) is 0.0744. The third kappa shape index (κ3) is 4.19. The van der Waals surface area contributed by atoms with Crippen molar-refractivity contribution in [2.75, 3.05) is 39.3 Å². The lowest BCUT2D eigenvalue weighted by Gasteiger charge is -2.38. The van der Waals surface area contributed by atoms with Crippen molar-refractivity contribution in [2.45, 2.75) is 46.1 Å². The lowest BCUT2D eigenvalue weighted by Crippen LogP contribution is -2.56. The zero-order chi connectivity index (χ0) is 14.5. The van der Waals surface area contributed by atoms with E-state index >= 15 is 0 Å². The van der Waals surface area contributed by atoms with E-state index in [2.05, 4.69) is 35.9 Å². The molecule has 2 rings (SSSR count). The van der Waals surface area contributed by atoms with E-state index in [0.29, 0.717) is 11.8 Å². The fourth-order valence-electron chi connectivity index (χ4n) is 3.44. The standard InChI is InChI=1S/C16H31N3O/c1-4-14-5-6-17-15(11-14)16(20)19-9-7-18(8-10-19)12-13(2)3/h13-15,17H,4-12H2,1-3H3. The minimum atomic E-state index is 0.0744. The molecule has 1 amide bonds. The number of nitrogens with one attached hydrogen (secondary N) is 1. The average molecular weight is 281 g/mol. The van der Waals surface area contributed by atoms with Gasteiger partial charge < -0.3 is 10.2 Å². The van der Waals surface area contributed by atoms with Crippen LogP contribution in [0.5, 0.6) is 0 Å². The van der Waals surface area contributed by atoms with Crippen molar-refractivity contribution < 1.29 is 4.79 Å². The van der Waals surface area contributed by atoms with E-state index in [9.17, 15) is 4.79 Å². The normalized spacial score (nSPS) is 28.9. The first-order valence-electron chi connectivity index (χ1n) is 8.34. The van der Waals surface area contributed by atoms with Gasteiger partial charge in [0.05, 0.1) is 6.04 Å². The first kappa shape index (κ1) is 15.8. The van der Waals surface area contributed by atoms with E-state index in [0.717, 1.165) is 51.6 Å². The van der Waals surface area contributed by atoms with Crippen LogP contribution in [0.2, 0.25) is 0 Å². The van der Waals surface area contributed by atoms with E-state index < -0.39 is 0 Å². The number of piperidine rings is 1. The van der Waals surface area contributed by atoms with Gasteiger partial charge >= 0.3 is 0 Å². The van der Waals surface area contributed by atoms with Crippen molar-refractivity contribution in [3.05, 3.63) is 0 Å². The molecule has 0 spiro atoms. The van der Waals surface area contributed by atoms with Crippen molar-refractivity contribution in [1.29, 1.82) is 0 Å². The Morgan fingerprint density at radius 3 is 2.55 bits per heavy atom. The minimum Gasteiger partial charge on any atom is -0.339 e. The number of nitrogens with zero attached hydrogens (tertiary/aromatic N) is 2. The summed E-state index contributed by atoms with van der Waals surface area (Å²) in [4.78, 5) is 17.1. The highest BCUT2D eigenvalue weighted by Crippen LogP contribution is 2.21. The Labute approximate surface area is 123 Å². The predicted molar refractivity (Wildman–Crippen MR) is 82.7 cm³/mol. The Bertz CT molecular complexity index is 311. The number of carbonyl (C=O) groups is 1. The molecule has 1 N–H and O–H groups in total. The molecule has 0 saturated carbocycles. The van der Waals surface area contributed by atoms with E-state index in [1.165, 1.54) is 12.8 Å². The van der Waals surface area contributed by atoms with Crippen LogP contribution in [-0.4, -0.2) is 61.0 Å². The second-order valence-electron chi connectivity index (χ2n) is 6.83. The molecule has 4 heteroatoms. The highest BCUT2D eigenvalue weighted by Gasteiger charge is 2.30. The van der Waals surface area contributed by atoms with E-state index in [1.54, 1.807) is 0 Å². The van der Waals surface area contributed by atoms with Crippen molar-refractivity contribution in [3.63, 3.8) is 0 Å². The molecule has 2 aliphatic heterocycles. The van der Waals surface area contributed by atoms with Crippen LogP contribution in [0.1, 0.15) is 40.0 Å². The van der Waals surface area contributed by atoms with Crippen LogP contribution in [0, 0.1) is 11.8 Å². The van der Waals surface area contributed by atoms with Crippen LogP contribution in [0.4, 0.5) is 0 Å². The van der Waals surface area contributed by atoms with Crippen molar-refractivity contribution >= 4 is 5.91 Å². The smallest absolute Gasteiger partial charge is 0.239 e. The second-order valence-corrected chi connectivity index (χ2v) is 6.83. The Kier molecular flexibility index (Phi) is 5.85. The quantitative estimate of drug-likeness (QED) is 0.849. The molecule has 0 aromatic heterocycles. The summed E-state index contributed by atoms with van der Waals surface area (Å²) in [6.07, 6.45) is 3.46. The highest BCUT2D eigenvalue weighted by atomic mass is 16.2. The van der Waals surface area contributed by atoms with Crippen molar-refractivity contribution in [2.24, 2.45) is 11.8 Å². The predicted octanol–water partition coefficient (Wildman–Crippen LogP) is 1.56. The molecule has 0 bridgehead atoms. The molecule has 2 unspecified atom stereocenters. The summed E-state index contributed by atoms with van der Waals surface area (Å²) in [5, 5.41) is 3.42. The summed E-state index contributed by atoms with van der Waals surface area (Å²) in [5.74, 6) is 1.78. The molecule has 2 saturated heterocycles. The Morgan fingerprint density at radius 2 is 1.95 bits per heavy atom. The molecule has 0 aliphatic carbocycles. The maximum absolute atomic E-state index is 12.6. The Morgan fingerprint density at radius 1 is 1.25 bits per heavy atom. The Balaban J connectivity index is 1.79. The van der Waals surface area contributed by atoms with Gasteiger partial charge in [-0.3, -0.25) is 9.69 Å².